The van der Waals surface area contributed by atoms with Gasteiger partial charge in [-0.3, -0.25) is 9.69 Å². The molecule has 2 heterocycles. The quantitative estimate of drug-likeness (QED) is 0.773. The van der Waals surface area contributed by atoms with Crippen molar-refractivity contribution in [1.82, 2.24) is 0 Å². The molecule has 1 amide bonds. The second-order valence-electron chi connectivity index (χ2n) is 5.62. The Kier molecular flexibility index (Phi) is 2.95. The van der Waals surface area contributed by atoms with Crippen molar-refractivity contribution in [3.05, 3.63) is 16.1 Å². The van der Waals surface area contributed by atoms with Crippen LogP contribution in [-0.2, 0) is 4.79 Å². The summed E-state index contributed by atoms with van der Waals surface area (Å²) in [5.74, 6) is 0.270. The normalized spacial score (nSPS) is 22.2. The highest BCUT2D eigenvalue weighted by Gasteiger charge is 2.49. The largest absolute Gasteiger partial charge is 0.465 e. The van der Waals surface area contributed by atoms with Gasteiger partial charge < -0.3 is 14.6 Å². The standard InChI is InChI=1S/C14H14BrNO5/c1-6-7-4-8(15)10-11(21-5-20-10)9(7)16(13(18)19)14(2,3)12(6)17/h4,6H,5H2,1-3H3,(H,18,19). The third-order valence-corrected chi connectivity index (χ3v) is 4.63. The number of amides is 1. The smallest absolute Gasteiger partial charge is 0.412 e. The van der Waals surface area contributed by atoms with Crippen molar-refractivity contribution in [3.8, 4) is 11.5 Å². The van der Waals surface area contributed by atoms with Gasteiger partial charge in [0.2, 0.25) is 6.79 Å². The highest BCUT2D eigenvalue weighted by molar-refractivity contribution is 9.10. The Labute approximate surface area is 129 Å². The fourth-order valence-electron chi connectivity index (χ4n) is 2.99. The number of rotatable bonds is 0. The van der Waals surface area contributed by atoms with Gasteiger partial charge in [0.05, 0.1) is 10.2 Å². The predicted molar refractivity (Wildman–Crippen MR) is 78.3 cm³/mol. The minimum atomic E-state index is -1.19. The van der Waals surface area contributed by atoms with E-state index in [1.165, 1.54) is 0 Å². The third kappa shape index (κ3) is 1.76. The molecule has 1 N–H and O–H groups in total. The third-order valence-electron chi connectivity index (χ3n) is 4.04. The summed E-state index contributed by atoms with van der Waals surface area (Å²) in [6.45, 7) is 5.01. The maximum Gasteiger partial charge on any atom is 0.412 e. The van der Waals surface area contributed by atoms with Gasteiger partial charge in [0.25, 0.3) is 0 Å². The molecule has 0 aliphatic carbocycles. The number of halogens is 1. The molecule has 3 rings (SSSR count). The molecule has 112 valence electrons. The number of ketones is 1. The van der Waals surface area contributed by atoms with Gasteiger partial charge in [-0.25, -0.2) is 4.79 Å². The number of anilines is 1. The van der Waals surface area contributed by atoms with Gasteiger partial charge in [-0.05, 0) is 41.4 Å². The predicted octanol–water partition coefficient (Wildman–Crippen LogP) is 3.13. The average molecular weight is 356 g/mol. The van der Waals surface area contributed by atoms with E-state index in [-0.39, 0.29) is 12.6 Å². The first kappa shape index (κ1) is 14.2. The van der Waals surface area contributed by atoms with Crippen molar-refractivity contribution in [1.29, 1.82) is 0 Å². The van der Waals surface area contributed by atoms with Crippen molar-refractivity contribution >= 4 is 33.5 Å². The number of hydrogen-bond donors (Lipinski definition) is 1. The molecule has 0 bridgehead atoms. The van der Waals surface area contributed by atoms with E-state index >= 15 is 0 Å². The SMILES string of the molecule is CC1C(=O)C(C)(C)N(C(=O)O)c2c1cc(Br)c1c2OCO1. The Morgan fingerprint density at radius 3 is 2.67 bits per heavy atom. The van der Waals surface area contributed by atoms with Gasteiger partial charge >= 0.3 is 6.09 Å². The molecule has 7 heteroatoms. The summed E-state index contributed by atoms with van der Waals surface area (Å²) in [4.78, 5) is 25.4. The lowest BCUT2D eigenvalue weighted by molar-refractivity contribution is -0.124. The topological polar surface area (TPSA) is 76.1 Å². The van der Waals surface area contributed by atoms with Crippen LogP contribution in [0.25, 0.3) is 0 Å². The molecule has 1 atom stereocenters. The van der Waals surface area contributed by atoms with Crippen LogP contribution in [0.5, 0.6) is 11.5 Å². The number of carbonyl (C=O) groups excluding carboxylic acids is 1. The zero-order valence-corrected chi connectivity index (χ0v) is 13.4. The maximum absolute atomic E-state index is 12.5. The highest BCUT2D eigenvalue weighted by Crippen LogP contribution is 2.54. The Bertz CT molecular complexity index is 670. The molecule has 2 aliphatic heterocycles. The number of carbonyl (C=O) groups is 2. The Morgan fingerprint density at radius 1 is 1.43 bits per heavy atom. The fraction of sp³-hybridized carbons (Fsp3) is 0.429. The van der Waals surface area contributed by atoms with Gasteiger partial charge in [0, 0.05) is 5.92 Å². The van der Waals surface area contributed by atoms with Crippen molar-refractivity contribution < 1.29 is 24.2 Å². The lowest BCUT2D eigenvalue weighted by atomic mass is 9.78. The van der Waals surface area contributed by atoms with E-state index < -0.39 is 17.6 Å². The molecule has 0 aromatic heterocycles. The number of ether oxygens (including phenoxy) is 2. The number of carboxylic acid groups (broad SMARTS) is 1. The van der Waals surface area contributed by atoms with E-state index in [2.05, 4.69) is 15.9 Å². The summed E-state index contributed by atoms with van der Waals surface area (Å²) in [7, 11) is 0. The molecular weight excluding hydrogens is 342 g/mol. The van der Waals surface area contributed by atoms with Crippen LogP contribution in [0.15, 0.2) is 10.5 Å². The molecule has 1 unspecified atom stereocenters. The number of Topliss-reactive ketones (excluding diaryl/α,β-unsaturated/α-hetero) is 1. The number of nitrogens with zero attached hydrogens (tertiary/aromatic N) is 1. The van der Waals surface area contributed by atoms with E-state index in [0.717, 1.165) is 4.90 Å². The molecule has 0 saturated heterocycles. The van der Waals surface area contributed by atoms with E-state index in [1.54, 1.807) is 26.8 Å². The van der Waals surface area contributed by atoms with Gasteiger partial charge in [0.1, 0.15) is 5.54 Å². The first-order valence-corrected chi connectivity index (χ1v) is 7.25. The molecule has 21 heavy (non-hydrogen) atoms. The highest BCUT2D eigenvalue weighted by atomic mass is 79.9. The first-order chi connectivity index (χ1) is 9.76. The van der Waals surface area contributed by atoms with E-state index in [4.69, 9.17) is 9.47 Å². The summed E-state index contributed by atoms with van der Waals surface area (Å²) in [6, 6.07) is 1.73. The number of hydrogen-bond acceptors (Lipinski definition) is 4. The van der Waals surface area contributed by atoms with Crippen molar-refractivity contribution in [2.75, 3.05) is 11.7 Å². The van der Waals surface area contributed by atoms with Gasteiger partial charge in [0.15, 0.2) is 17.3 Å². The van der Waals surface area contributed by atoms with Crippen LogP contribution in [0, 0.1) is 0 Å². The number of fused-ring (bicyclic) bond motifs is 3. The van der Waals surface area contributed by atoms with Crippen molar-refractivity contribution in [3.63, 3.8) is 0 Å². The Balaban J connectivity index is 2.36. The zero-order valence-electron chi connectivity index (χ0n) is 11.8. The molecular formula is C14H14BrNO5. The first-order valence-electron chi connectivity index (χ1n) is 6.46. The Morgan fingerprint density at radius 2 is 2.05 bits per heavy atom. The van der Waals surface area contributed by atoms with Crippen LogP contribution in [0.1, 0.15) is 32.3 Å². The number of benzene rings is 1. The van der Waals surface area contributed by atoms with Crippen molar-refractivity contribution in [2.24, 2.45) is 0 Å². The fourth-order valence-corrected chi connectivity index (χ4v) is 3.53. The molecule has 6 nitrogen and oxygen atoms in total. The molecule has 0 spiro atoms. The lowest BCUT2D eigenvalue weighted by Crippen LogP contribution is -2.57. The van der Waals surface area contributed by atoms with E-state index in [0.29, 0.717) is 27.2 Å². The molecule has 2 aliphatic rings. The summed E-state index contributed by atoms with van der Waals surface area (Å²) < 4.78 is 11.5. The summed E-state index contributed by atoms with van der Waals surface area (Å²) in [6.07, 6.45) is -1.19. The molecule has 0 radical (unpaired) electrons. The average Bonchev–Trinajstić information content (AvgIpc) is 2.87. The van der Waals surface area contributed by atoms with Crippen LogP contribution in [0.2, 0.25) is 0 Å². The Hall–Kier alpha value is -1.76. The van der Waals surface area contributed by atoms with Crippen molar-refractivity contribution in [2.45, 2.75) is 32.2 Å². The molecule has 0 fully saturated rings. The zero-order chi connectivity index (χ0) is 15.5. The minimum absolute atomic E-state index is 0.0284. The van der Waals surface area contributed by atoms with Crippen LogP contribution in [0.4, 0.5) is 10.5 Å². The minimum Gasteiger partial charge on any atom is -0.465 e. The van der Waals surface area contributed by atoms with Gasteiger partial charge in [-0.1, -0.05) is 6.92 Å². The summed E-state index contributed by atoms with van der Waals surface area (Å²) >= 11 is 3.38. The van der Waals surface area contributed by atoms with Gasteiger partial charge in [-0.15, -0.1) is 0 Å². The second kappa shape index (κ2) is 4.37. The van der Waals surface area contributed by atoms with Crippen LogP contribution in [0.3, 0.4) is 0 Å². The molecule has 1 aromatic rings. The second-order valence-corrected chi connectivity index (χ2v) is 6.48. The van der Waals surface area contributed by atoms with Crippen LogP contribution >= 0.6 is 15.9 Å². The van der Waals surface area contributed by atoms with E-state index in [9.17, 15) is 14.7 Å². The molecule has 0 saturated carbocycles. The molecule has 1 aromatic carbocycles. The monoisotopic (exact) mass is 355 g/mol. The van der Waals surface area contributed by atoms with Crippen LogP contribution in [-0.4, -0.2) is 29.3 Å². The maximum atomic E-state index is 12.5. The lowest BCUT2D eigenvalue weighted by Gasteiger charge is -2.43. The summed E-state index contributed by atoms with van der Waals surface area (Å²) in [5.41, 5.74) is -0.139. The van der Waals surface area contributed by atoms with Gasteiger partial charge in [-0.2, -0.15) is 0 Å². The van der Waals surface area contributed by atoms with E-state index in [1.807, 2.05) is 0 Å². The summed E-state index contributed by atoms with van der Waals surface area (Å²) in [5, 5.41) is 9.59. The van der Waals surface area contributed by atoms with Crippen LogP contribution < -0.4 is 14.4 Å².